The number of nitrogens with one attached hydrogen (secondary N) is 1. The van der Waals surface area contributed by atoms with E-state index in [1.165, 1.54) is 6.07 Å². The number of pyridine rings is 1. The minimum atomic E-state index is -0.280. The van der Waals surface area contributed by atoms with Gasteiger partial charge < -0.3 is 20.1 Å². The van der Waals surface area contributed by atoms with E-state index in [2.05, 4.69) is 15.3 Å². The van der Waals surface area contributed by atoms with Crippen LogP contribution in [0.5, 0.6) is 5.75 Å². The number of amides is 1. The summed E-state index contributed by atoms with van der Waals surface area (Å²) in [6.45, 7) is 0.834. The summed E-state index contributed by atoms with van der Waals surface area (Å²) < 4.78 is 21.3. The lowest BCUT2D eigenvalue weighted by Crippen LogP contribution is -2.38. The summed E-state index contributed by atoms with van der Waals surface area (Å²) >= 11 is 0. The molecular weight excluding hydrogens is 423 g/mol. The second-order valence-electron chi connectivity index (χ2n) is 8.99. The summed E-state index contributed by atoms with van der Waals surface area (Å²) in [6, 6.07) is 8.67. The number of aromatic nitrogens is 2. The molecule has 2 N–H and O–H groups in total. The van der Waals surface area contributed by atoms with E-state index in [9.17, 15) is 14.3 Å². The highest BCUT2D eigenvalue weighted by Gasteiger charge is 2.30. The number of aliphatic hydroxyl groups is 1. The molecule has 3 aromatic rings. The SMILES string of the molecule is COc1ccc(F)cc1[C@H]1CCCN1c1ccn2ncc(C(=O)NC3CCC(O)CC3)c2c1. The summed E-state index contributed by atoms with van der Waals surface area (Å²) in [5, 5.41) is 17.2. The van der Waals surface area contributed by atoms with Gasteiger partial charge >= 0.3 is 0 Å². The number of carbonyl (C=O) groups is 1. The average molecular weight is 453 g/mol. The molecule has 0 spiro atoms. The molecule has 0 unspecified atom stereocenters. The molecule has 33 heavy (non-hydrogen) atoms. The average Bonchev–Trinajstić information content (AvgIpc) is 3.47. The van der Waals surface area contributed by atoms with Gasteiger partial charge in [-0.05, 0) is 68.9 Å². The summed E-state index contributed by atoms with van der Waals surface area (Å²) in [6.07, 6.45) is 8.06. The Labute approximate surface area is 192 Å². The van der Waals surface area contributed by atoms with Crippen LogP contribution in [0.4, 0.5) is 10.1 Å². The Kier molecular flexibility index (Phi) is 5.93. The molecule has 1 aliphatic carbocycles. The number of aliphatic hydroxyl groups excluding tert-OH is 1. The van der Waals surface area contributed by atoms with Crippen LogP contribution in [0.1, 0.15) is 60.5 Å². The Bertz CT molecular complexity index is 1160. The number of hydrogen-bond donors (Lipinski definition) is 2. The van der Waals surface area contributed by atoms with Crippen molar-refractivity contribution in [2.24, 2.45) is 0 Å². The number of benzene rings is 1. The predicted octanol–water partition coefficient (Wildman–Crippen LogP) is 3.86. The number of carbonyl (C=O) groups excluding carboxylic acids is 1. The maximum absolute atomic E-state index is 14.0. The van der Waals surface area contributed by atoms with Gasteiger partial charge in [0.2, 0.25) is 0 Å². The van der Waals surface area contributed by atoms with Crippen molar-refractivity contribution < 1.29 is 19.0 Å². The Morgan fingerprint density at radius 1 is 1.18 bits per heavy atom. The zero-order valence-corrected chi connectivity index (χ0v) is 18.7. The van der Waals surface area contributed by atoms with Crippen LogP contribution in [0.3, 0.4) is 0 Å². The van der Waals surface area contributed by atoms with Crippen LogP contribution in [0.15, 0.2) is 42.7 Å². The molecule has 174 valence electrons. The number of fused-ring (bicyclic) bond motifs is 1. The Balaban J connectivity index is 1.42. The molecule has 2 fully saturated rings. The maximum Gasteiger partial charge on any atom is 0.255 e. The molecule has 1 amide bonds. The summed E-state index contributed by atoms with van der Waals surface area (Å²) in [7, 11) is 1.60. The van der Waals surface area contributed by atoms with Crippen LogP contribution in [0.2, 0.25) is 0 Å². The second-order valence-corrected chi connectivity index (χ2v) is 8.99. The lowest BCUT2D eigenvalue weighted by molar-refractivity contribution is 0.0869. The smallest absolute Gasteiger partial charge is 0.255 e. The van der Waals surface area contributed by atoms with E-state index >= 15 is 0 Å². The molecule has 1 atom stereocenters. The first kappa shape index (κ1) is 21.7. The molecule has 5 rings (SSSR count). The van der Waals surface area contributed by atoms with E-state index in [0.29, 0.717) is 24.2 Å². The highest BCUT2D eigenvalue weighted by molar-refractivity contribution is 6.01. The quantitative estimate of drug-likeness (QED) is 0.615. The first-order valence-corrected chi connectivity index (χ1v) is 11.6. The zero-order chi connectivity index (χ0) is 22.9. The van der Waals surface area contributed by atoms with Gasteiger partial charge in [0.05, 0.1) is 36.5 Å². The molecule has 2 aliphatic rings. The van der Waals surface area contributed by atoms with E-state index in [4.69, 9.17) is 4.74 Å². The van der Waals surface area contributed by atoms with Gasteiger partial charge in [-0.25, -0.2) is 8.91 Å². The van der Waals surface area contributed by atoms with Crippen LogP contribution >= 0.6 is 0 Å². The molecule has 8 heteroatoms. The van der Waals surface area contributed by atoms with Gasteiger partial charge in [0.1, 0.15) is 11.6 Å². The third-order valence-electron chi connectivity index (χ3n) is 6.92. The third kappa shape index (κ3) is 4.27. The molecule has 3 heterocycles. The van der Waals surface area contributed by atoms with Crippen molar-refractivity contribution in [3.8, 4) is 5.75 Å². The fourth-order valence-corrected chi connectivity index (χ4v) is 5.17. The standard InChI is InChI=1S/C25H29FN4O3/c1-33-24-9-4-16(26)13-20(24)22-3-2-11-29(22)18-10-12-30-23(14-18)21(15-27-30)25(32)28-17-5-7-19(31)8-6-17/h4,9-10,12-15,17,19,22,31H,2-3,5-8,11H2,1H3,(H,28,32)/t17?,19?,22-/m1/s1. The topological polar surface area (TPSA) is 79.1 Å². The minimum absolute atomic E-state index is 0.00744. The number of halogens is 1. The van der Waals surface area contributed by atoms with Gasteiger partial charge in [-0.1, -0.05) is 0 Å². The monoisotopic (exact) mass is 452 g/mol. The second kappa shape index (κ2) is 9.02. The van der Waals surface area contributed by atoms with Crippen LogP contribution < -0.4 is 15.0 Å². The molecule has 7 nitrogen and oxygen atoms in total. The highest BCUT2D eigenvalue weighted by atomic mass is 19.1. The van der Waals surface area contributed by atoms with E-state index in [-0.39, 0.29) is 29.9 Å². The largest absolute Gasteiger partial charge is 0.496 e. The van der Waals surface area contributed by atoms with Crippen molar-refractivity contribution in [3.63, 3.8) is 0 Å². The van der Waals surface area contributed by atoms with Gasteiger partial charge in [-0.3, -0.25) is 4.79 Å². The Morgan fingerprint density at radius 3 is 2.79 bits per heavy atom. The Morgan fingerprint density at radius 2 is 2.00 bits per heavy atom. The number of ether oxygens (including phenoxy) is 1. The van der Waals surface area contributed by atoms with Crippen LogP contribution in [-0.4, -0.2) is 46.4 Å². The first-order chi connectivity index (χ1) is 16.0. The van der Waals surface area contributed by atoms with Crippen molar-refractivity contribution in [2.75, 3.05) is 18.6 Å². The predicted molar refractivity (Wildman–Crippen MR) is 123 cm³/mol. The van der Waals surface area contributed by atoms with E-state index < -0.39 is 0 Å². The fraction of sp³-hybridized carbons (Fsp3) is 0.440. The van der Waals surface area contributed by atoms with Crippen molar-refractivity contribution >= 4 is 17.1 Å². The van der Waals surface area contributed by atoms with E-state index in [1.54, 1.807) is 30.0 Å². The molecule has 0 bridgehead atoms. The highest BCUT2D eigenvalue weighted by Crippen LogP contribution is 2.40. The molecule has 1 aromatic carbocycles. The maximum atomic E-state index is 14.0. The molecule has 0 radical (unpaired) electrons. The van der Waals surface area contributed by atoms with Crippen molar-refractivity contribution in [2.45, 2.75) is 56.7 Å². The van der Waals surface area contributed by atoms with E-state index in [1.807, 2.05) is 18.3 Å². The summed E-state index contributed by atoms with van der Waals surface area (Å²) in [5.74, 6) is 0.253. The van der Waals surface area contributed by atoms with Gasteiger partial charge in [0.15, 0.2) is 0 Å². The molecule has 2 aromatic heterocycles. The molecular formula is C25H29FN4O3. The number of methoxy groups -OCH3 is 1. The van der Waals surface area contributed by atoms with Crippen LogP contribution in [0, 0.1) is 5.82 Å². The number of nitrogens with zero attached hydrogens (tertiary/aromatic N) is 3. The van der Waals surface area contributed by atoms with Crippen molar-refractivity contribution in [1.29, 1.82) is 0 Å². The van der Waals surface area contributed by atoms with Gasteiger partial charge in [-0.15, -0.1) is 0 Å². The lowest BCUT2D eigenvalue weighted by Gasteiger charge is -2.28. The van der Waals surface area contributed by atoms with Gasteiger partial charge in [-0.2, -0.15) is 5.10 Å². The molecule has 1 saturated heterocycles. The zero-order valence-electron chi connectivity index (χ0n) is 18.7. The van der Waals surface area contributed by atoms with Crippen LogP contribution in [-0.2, 0) is 0 Å². The molecule has 1 saturated carbocycles. The van der Waals surface area contributed by atoms with Gasteiger partial charge in [0, 0.05) is 30.0 Å². The fourth-order valence-electron chi connectivity index (χ4n) is 5.17. The first-order valence-electron chi connectivity index (χ1n) is 11.6. The van der Waals surface area contributed by atoms with E-state index in [0.717, 1.165) is 49.0 Å². The van der Waals surface area contributed by atoms with Gasteiger partial charge in [0.25, 0.3) is 5.91 Å². The third-order valence-corrected chi connectivity index (χ3v) is 6.92. The Hall–Kier alpha value is -3.13. The summed E-state index contributed by atoms with van der Waals surface area (Å²) in [4.78, 5) is 15.3. The van der Waals surface area contributed by atoms with Crippen molar-refractivity contribution in [3.05, 3.63) is 59.7 Å². The summed E-state index contributed by atoms with van der Waals surface area (Å²) in [5.41, 5.74) is 3.06. The lowest BCUT2D eigenvalue weighted by atomic mass is 9.93. The number of anilines is 1. The number of hydrogen-bond acceptors (Lipinski definition) is 5. The molecule has 1 aliphatic heterocycles. The number of rotatable bonds is 5. The minimum Gasteiger partial charge on any atom is -0.496 e. The van der Waals surface area contributed by atoms with Crippen molar-refractivity contribution in [1.82, 2.24) is 14.9 Å². The normalized spacial score (nSPS) is 23.1. The van der Waals surface area contributed by atoms with Crippen LogP contribution in [0.25, 0.3) is 5.52 Å².